The van der Waals surface area contributed by atoms with Crippen LogP contribution in [0, 0.1) is 0 Å². The molecule has 1 aromatic carbocycles. The molecule has 0 N–H and O–H groups in total. The number of piperazine rings is 1. The van der Waals surface area contributed by atoms with E-state index >= 15 is 0 Å². The van der Waals surface area contributed by atoms with Crippen LogP contribution in [0.2, 0.25) is 0 Å². The molecule has 156 valence electrons. The number of benzene rings is 1. The SMILES string of the molecule is COc1cc2c(cc1OC)CN(C(=O)CN1CCN(Cc3cccs3)CC1)CC2. The first-order chi connectivity index (χ1) is 14.2. The highest BCUT2D eigenvalue weighted by atomic mass is 32.1. The van der Waals surface area contributed by atoms with Crippen molar-refractivity contribution in [2.75, 3.05) is 53.5 Å². The number of methoxy groups -OCH3 is 2. The Morgan fingerprint density at radius 1 is 1.00 bits per heavy atom. The number of amides is 1. The highest BCUT2D eigenvalue weighted by molar-refractivity contribution is 7.09. The maximum Gasteiger partial charge on any atom is 0.237 e. The fourth-order valence-corrected chi connectivity index (χ4v) is 4.86. The van der Waals surface area contributed by atoms with Crippen LogP contribution in [0.25, 0.3) is 0 Å². The predicted molar refractivity (Wildman–Crippen MR) is 115 cm³/mol. The zero-order valence-electron chi connectivity index (χ0n) is 17.2. The Labute approximate surface area is 176 Å². The van der Waals surface area contributed by atoms with E-state index in [1.807, 2.05) is 28.4 Å². The molecule has 1 amide bonds. The Morgan fingerprint density at radius 2 is 1.69 bits per heavy atom. The molecule has 1 fully saturated rings. The van der Waals surface area contributed by atoms with Gasteiger partial charge in [-0.05, 0) is 41.1 Å². The zero-order chi connectivity index (χ0) is 20.2. The molecule has 0 saturated carbocycles. The van der Waals surface area contributed by atoms with Crippen LogP contribution in [0.3, 0.4) is 0 Å². The summed E-state index contributed by atoms with van der Waals surface area (Å²) in [5.41, 5.74) is 2.40. The summed E-state index contributed by atoms with van der Waals surface area (Å²) in [7, 11) is 3.30. The molecule has 6 nitrogen and oxygen atoms in total. The second-order valence-electron chi connectivity index (χ2n) is 7.67. The molecular weight excluding hydrogens is 386 g/mol. The number of carbonyl (C=O) groups excluding carboxylic acids is 1. The van der Waals surface area contributed by atoms with Gasteiger partial charge in [0.1, 0.15) is 0 Å². The first kappa shape index (κ1) is 20.2. The number of rotatable bonds is 6. The van der Waals surface area contributed by atoms with Gasteiger partial charge in [0.2, 0.25) is 5.91 Å². The molecule has 29 heavy (non-hydrogen) atoms. The minimum absolute atomic E-state index is 0.220. The molecule has 2 aromatic rings. The van der Waals surface area contributed by atoms with Crippen molar-refractivity contribution in [1.29, 1.82) is 0 Å². The minimum atomic E-state index is 0.220. The lowest BCUT2D eigenvalue weighted by molar-refractivity contribution is -0.133. The molecular formula is C22H29N3O3S. The Kier molecular flexibility index (Phi) is 6.37. The average Bonchev–Trinajstić information content (AvgIpc) is 3.26. The number of nitrogens with zero attached hydrogens (tertiary/aromatic N) is 3. The number of hydrogen-bond donors (Lipinski definition) is 0. The summed E-state index contributed by atoms with van der Waals surface area (Å²) in [6.07, 6.45) is 0.857. The third-order valence-electron chi connectivity index (χ3n) is 5.85. The molecule has 3 heterocycles. The van der Waals surface area contributed by atoms with Crippen LogP contribution in [0.15, 0.2) is 29.6 Å². The first-order valence-corrected chi connectivity index (χ1v) is 11.0. The van der Waals surface area contributed by atoms with Gasteiger partial charge in [-0.25, -0.2) is 0 Å². The lowest BCUT2D eigenvalue weighted by Gasteiger charge is -2.36. The van der Waals surface area contributed by atoms with Gasteiger partial charge in [-0.3, -0.25) is 14.6 Å². The maximum absolute atomic E-state index is 12.9. The molecule has 2 aliphatic rings. The van der Waals surface area contributed by atoms with E-state index in [1.165, 1.54) is 10.4 Å². The van der Waals surface area contributed by atoms with Gasteiger partial charge in [0.15, 0.2) is 11.5 Å². The van der Waals surface area contributed by atoms with Gasteiger partial charge in [-0.15, -0.1) is 11.3 Å². The fourth-order valence-electron chi connectivity index (χ4n) is 4.12. The normalized spacial score (nSPS) is 17.8. The third-order valence-corrected chi connectivity index (χ3v) is 6.72. The van der Waals surface area contributed by atoms with Crippen molar-refractivity contribution in [3.8, 4) is 11.5 Å². The van der Waals surface area contributed by atoms with Crippen molar-refractivity contribution < 1.29 is 14.3 Å². The molecule has 0 radical (unpaired) electrons. The fraction of sp³-hybridized carbons (Fsp3) is 0.500. The van der Waals surface area contributed by atoms with E-state index in [1.54, 1.807) is 14.2 Å². The summed E-state index contributed by atoms with van der Waals surface area (Å²) in [6, 6.07) is 8.36. The van der Waals surface area contributed by atoms with E-state index in [0.29, 0.717) is 13.1 Å². The molecule has 0 unspecified atom stereocenters. The standard InChI is InChI=1S/C22H29N3O3S/c1-27-20-12-17-5-6-25(14-18(17)13-21(20)28-2)22(26)16-24-9-7-23(8-10-24)15-19-4-3-11-29-19/h3-4,11-13H,5-10,14-16H2,1-2H3. The predicted octanol–water partition coefficient (Wildman–Crippen LogP) is 2.47. The van der Waals surface area contributed by atoms with Gasteiger partial charge in [0, 0.05) is 50.7 Å². The Morgan fingerprint density at radius 3 is 2.34 bits per heavy atom. The van der Waals surface area contributed by atoms with Crippen LogP contribution in [0.5, 0.6) is 11.5 Å². The van der Waals surface area contributed by atoms with Crippen molar-refractivity contribution in [3.05, 3.63) is 45.6 Å². The van der Waals surface area contributed by atoms with Gasteiger partial charge >= 0.3 is 0 Å². The van der Waals surface area contributed by atoms with Gasteiger partial charge in [0.25, 0.3) is 0 Å². The zero-order valence-corrected chi connectivity index (χ0v) is 18.0. The number of hydrogen-bond acceptors (Lipinski definition) is 6. The summed E-state index contributed by atoms with van der Waals surface area (Å²) in [4.78, 5) is 21.1. The molecule has 0 spiro atoms. The Hall–Kier alpha value is -2.09. The summed E-state index contributed by atoms with van der Waals surface area (Å²) in [5.74, 6) is 1.70. The molecule has 2 aliphatic heterocycles. The average molecular weight is 416 g/mol. The summed E-state index contributed by atoms with van der Waals surface area (Å²) in [6.45, 7) is 6.88. The highest BCUT2D eigenvalue weighted by Gasteiger charge is 2.25. The van der Waals surface area contributed by atoms with E-state index in [9.17, 15) is 4.79 Å². The first-order valence-electron chi connectivity index (χ1n) is 10.1. The van der Waals surface area contributed by atoms with Crippen molar-refractivity contribution in [2.45, 2.75) is 19.5 Å². The molecule has 1 saturated heterocycles. The molecule has 0 aliphatic carbocycles. The summed E-state index contributed by atoms with van der Waals surface area (Å²) >= 11 is 1.81. The Bertz CT molecular complexity index is 832. The third kappa shape index (κ3) is 4.74. The number of thiophene rings is 1. The van der Waals surface area contributed by atoms with Crippen LogP contribution < -0.4 is 9.47 Å². The topological polar surface area (TPSA) is 45.3 Å². The van der Waals surface area contributed by atoms with E-state index < -0.39 is 0 Å². The van der Waals surface area contributed by atoms with Crippen molar-refractivity contribution >= 4 is 17.2 Å². The van der Waals surface area contributed by atoms with Crippen LogP contribution in [-0.2, 0) is 24.3 Å². The lowest BCUT2D eigenvalue weighted by Crippen LogP contribution is -2.50. The summed E-state index contributed by atoms with van der Waals surface area (Å²) in [5, 5.41) is 2.13. The maximum atomic E-state index is 12.9. The number of fused-ring (bicyclic) bond motifs is 1. The van der Waals surface area contributed by atoms with Crippen LogP contribution >= 0.6 is 11.3 Å². The van der Waals surface area contributed by atoms with Crippen molar-refractivity contribution in [1.82, 2.24) is 14.7 Å². The molecule has 0 bridgehead atoms. The van der Waals surface area contributed by atoms with E-state index in [2.05, 4.69) is 27.3 Å². The molecule has 4 rings (SSSR count). The van der Waals surface area contributed by atoms with E-state index in [0.717, 1.165) is 62.8 Å². The van der Waals surface area contributed by atoms with Gasteiger partial charge in [-0.2, -0.15) is 0 Å². The molecule has 7 heteroatoms. The van der Waals surface area contributed by atoms with Gasteiger partial charge in [0.05, 0.1) is 20.8 Å². The van der Waals surface area contributed by atoms with Crippen molar-refractivity contribution in [3.63, 3.8) is 0 Å². The lowest BCUT2D eigenvalue weighted by atomic mass is 9.98. The highest BCUT2D eigenvalue weighted by Crippen LogP contribution is 2.33. The van der Waals surface area contributed by atoms with Crippen LogP contribution in [0.1, 0.15) is 16.0 Å². The van der Waals surface area contributed by atoms with E-state index in [4.69, 9.17) is 9.47 Å². The monoisotopic (exact) mass is 415 g/mol. The second-order valence-corrected chi connectivity index (χ2v) is 8.71. The van der Waals surface area contributed by atoms with Crippen LogP contribution in [-0.4, -0.2) is 74.1 Å². The smallest absolute Gasteiger partial charge is 0.237 e. The van der Waals surface area contributed by atoms with Crippen LogP contribution in [0.4, 0.5) is 0 Å². The molecule has 0 atom stereocenters. The largest absolute Gasteiger partial charge is 0.493 e. The Balaban J connectivity index is 1.30. The van der Waals surface area contributed by atoms with Gasteiger partial charge < -0.3 is 14.4 Å². The second kappa shape index (κ2) is 9.15. The van der Waals surface area contributed by atoms with E-state index in [-0.39, 0.29) is 5.91 Å². The minimum Gasteiger partial charge on any atom is -0.493 e. The number of ether oxygens (including phenoxy) is 2. The quantitative estimate of drug-likeness (QED) is 0.725. The summed E-state index contributed by atoms with van der Waals surface area (Å²) < 4.78 is 10.8. The van der Waals surface area contributed by atoms with Gasteiger partial charge in [-0.1, -0.05) is 6.07 Å². The van der Waals surface area contributed by atoms with Crippen molar-refractivity contribution in [2.24, 2.45) is 0 Å². The number of carbonyl (C=O) groups is 1. The molecule has 1 aromatic heterocycles.